The first-order chi connectivity index (χ1) is 10.2. The van der Waals surface area contributed by atoms with Gasteiger partial charge in [-0.3, -0.25) is 4.90 Å². The number of hydrogen-bond acceptors (Lipinski definition) is 3. The van der Waals surface area contributed by atoms with Crippen LogP contribution in [0.1, 0.15) is 19.3 Å². The zero-order valence-electron chi connectivity index (χ0n) is 12.6. The Bertz CT molecular complexity index is 488. The number of benzene rings is 1. The maximum Gasteiger partial charge on any atom is 0.321 e. The number of anilines is 2. The minimum Gasteiger partial charge on any atom is -0.383 e. The molecule has 1 unspecified atom stereocenters. The van der Waals surface area contributed by atoms with E-state index in [1.807, 2.05) is 12.1 Å². The van der Waals surface area contributed by atoms with Crippen molar-refractivity contribution < 1.29 is 4.79 Å². The molecule has 2 amide bonds. The molecular weight excluding hydrogens is 264 g/mol. The minimum atomic E-state index is -0.000426. The van der Waals surface area contributed by atoms with E-state index in [9.17, 15) is 4.79 Å². The van der Waals surface area contributed by atoms with Gasteiger partial charge in [0, 0.05) is 37.1 Å². The maximum absolute atomic E-state index is 11.6. The Labute approximate surface area is 126 Å². The smallest absolute Gasteiger partial charge is 0.321 e. The highest BCUT2D eigenvalue weighted by atomic mass is 16.2. The molecule has 2 heterocycles. The highest BCUT2D eigenvalue weighted by Crippen LogP contribution is 2.20. The van der Waals surface area contributed by atoms with E-state index in [1.54, 1.807) is 4.90 Å². The van der Waals surface area contributed by atoms with Crippen molar-refractivity contribution in [3.05, 3.63) is 24.3 Å². The van der Waals surface area contributed by atoms with E-state index in [0.717, 1.165) is 31.0 Å². The van der Waals surface area contributed by atoms with Crippen LogP contribution >= 0.6 is 0 Å². The summed E-state index contributed by atoms with van der Waals surface area (Å²) in [6.45, 7) is 3.67. The van der Waals surface area contributed by atoms with Gasteiger partial charge < -0.3 is 15.5 Å². The Morgan fingerprint density at radius 3 is 2.71 bits per heavy atom. The molecule has 1 aromatic carbocycles. The summed E-state index contributed by atoms with van der Waals surface area (Å²) in [7, 11) is 2.21. The molecule has 2 aliphatic rings. The number of urea groups is 1. The van der Waals surface area contributed by atoms with Gasteiger partial charge in [-0.1, -0.05) is 6.42 Å². The topological polar surface area (TPSA) is 47.6 Å². The van der Waals surface area contributed by atoms with E-state index >= 15 is 0 Å². The molecule has 0 saturated carbocycles. The molecule has 1 atom stereocenters. The summed E-state index contributed by atoms with van der Waals surface area (Å²) in [6, 6.07) is 8.77. The summed E-state index contributed by atoms with van der Waals surface area (Å²) in [5, 5.41) is 6.33. The molecule has 21 heavy (non-hydrogen) atoms. The second-order valence-electron chi connectivity index (χ2n) is 5.94. The van der Waals surface area contributed by atoms with E-state index in [-0.39, 0.29) is 6.03 Å². The summed E-state index contributed by atoms with van der Waals surface area (Å²) >= 11 is 0. The molecule has 114 valence electrons. The lowest BCUT2D eigenvalue weighted by molar-refractivity contribution is 0.194. The molecular formula is C16H24N4O. The molecule has 0 spiro atoms. The summed E-state index contributed by atoms with van der Waals surface area (Å²) in [4.78, 5) is 15.8. The lowest BCUT2D eigenvalue weighted by Crippen LogP contribution is -2.40. The van der Waals surface area contributed by atoms with Crippen LogP contribution in [-0.2, 0) is 0 Å². The highest BCUT2D eigenvalue weighted by molar-refractivity contribution is 5.94. The van der Waals surface area contributed by atoms with Crippen LogP contribution in [0.2, 0.25) is 0 Å². The third kappa shape index (κ3) is 3.29. The number of likely N-dealkylation sites (N-methyl/N-ethyl adjacent to an activating group) is 1. The molecule has 2 aliphatic heterocycles. The molecule has 2 saturated heterocycles. The zero-order chi connectivity index (χ0) is 14.7. The Kier molecular flexibility index (Phi) is 4.29. The number of hydrogen-bond donors (Lipinski definition) is 2. The van der Waals surface area contributed by atoms with Gasteiger partial charge in [-0.2, -0.15) is 0 Å². The second kappa shape index (κ2) is 6.35. The van der Waals surface area contributed by atoms with Crippen molar-refractivity contribution in [2.24, 2.45) is 0 Å². The molecule has 0 bridgehead atoms. The number of nitrogens with zero attached hydrogens (tertiary/aromatic N) is 2. The SMILES string of the molecule is CN1CCCCC1CNc1ccc(N2CCNC2=O)cc1. The molecule has 0 aromatic heterocycles. The van der Waals surface area contributed by atoms with Crippen molar-refractivity contribution in [2.75, 3.05) is 43.4 Å². The summed E-state index contributed by atoms with van der Waals surface area (Å²) in [5.41, 5.74) is 2.09. The Morgan fingerprint density at radius 2 is 2.05 bits per heavy atom. The lowest BCUT2D eigenvalue weighted by Gasteiger charge is -2.32. The van der Waals surface area contributed by atoms with Gasteiger partial charge in [-0.25, -0.2) is 4.79 Å². The van der Waals surface area contributed by atoms with Crippen LogP contribution in [0.4, 0.5) is 16.2 Å². The standard InChI is InChI=1S/C16H24N4O/c1-19-10-3-2-4-15(19)12-18-13-5-7-14(8-6-13)20-11-9-17-16(20)21/h5-8,15,18H,2-4,9-12H2,1H3,(H,17,21). The molecule has 5 heteroatoms. The van der Waals surface area contributed by atoms with E-state index in [4.69, 9.17) is 0 Å². The summed E-state index contributed by atoms with van der Waals surface area (Å²) < 4.78 is 0. The number of carbonyl (C=O) groups is 1. The fourth-order valence-corrected chi connectivity index (χ4v) is 3.11. The van der Waals surface area contributed by atoms with Crippen molar-refractivity contribution in [3.8, 4) is 0 Å². The van der Waals surface area contributed by atoms with Crippen molar-refractivity contribution >= 4 is 17.4 Å². The Morgan fingerprint density at radius 1 is 1.24 bits per heavy atom. The lowest BCUT2D eigenvalue weighted by atomic mass is 10.0. The molecule has 1 aromatic rings. The van der Waals surface area contributed by atoms with E-state index in [0.29, 0.717) is 6.04 Å². The van der Waals surface area contributed by atoms with Crippen molar-refractivity contribution in [3.63, 3.8) is 0 Å². The van der Waals surface area contributed by atoms with E-state index in [2.05, 4.69) is 34.7 Å². The number of amides is 2. The predicted octanol–water partition coefficient (Wildman–Crippen LogP) is 2.11. The Balaban J connectivity index is 1.55. The minimum absolute atomic E-state index is 0.000426. The largest absolute Gasteiger partial charge is 0.383 e. The third-order valence-electron chi connectivity index (χ3n) is 4.50. The number of rotatable bonds is 4. The molecule has 2 N–H and O–H groups in total. The molecule has 0 aliphatic carbocycles. The summed E-state index contributed by atoms with van der Waals surface area (Å²) in [5.74, 6) is 0. The second-order valence-corrected chi connectivity index (χ2v) is 5.94. The fraction of sp³-hybridized carbons (Fsp3) is 0.562. The normalized spacial score (nSPS) is 23.2. The van der Waals surface area contributed by atoms with Crippen LogP contribution < -0.4 is 15.5 Å². The van der Waals surface area contributed by atoms with E-state index in [1.165, 1.54) is 25.8 Å². The van der Waals surface area contributed by atoms with Crippen LogP contribution in [0, 0.1) is 0 Å². The van der Waals surface area contributed by atoms with Gasteiger partial charge in [0.05, 0.1) is 0 Å². The number of piperidine rings is 1. The first-order valence-electron chi connectivity index (χ1n) is 7.83. The van der Waals surface area contributed by atoms with Gasteiger partial charge in [0.25, 0.3) is 0 Å². The van der Waals surface area contributed by atoms with Crippen molar-refractivity contribution in [2.45, 2.75) is 25.3 Å². The monoisotopic (exact) mass is 288 g/mol. The zero-order valence-corrected chi connectivity index (χ0v) is 12.6. The van der Waals surface area contributed by atoms with Crippen LogP contribution in [0.3, 0.4) is 0 Å². The average molecular weight is 288 g/mol. The van der Waals surface area contributed by atoms with Crippen LogP contribution in [0.15, 0.2) is 24.3 Å². The molecule has 0 radical (unpaired) electrons. The highest BCUT2D eigenvalue weighted by Gasteiger charge is 2.21. The van der Waals surface area contributed by atoms with Gasteiger partial charge in [0.1, 0.15) is 0 Å². The molecule has 5 nitrogen and oxygen atoms in total. The van der Waals surface area contributed by atoms with Crippen LogP contribution in [-0.4, -0.2) is 50.2 Å². The maximum atomic E-state index is 11.6. The van der Waals surface area contributed by atoms with Crippen LogP contribution in [0.5, 0.6) is 0 Å². The van der Waals surface area contributed by atoms with Gasteiger partial charge in [-0.15, -0.1) is 0 Å². The van der Waals surface area contributed by atoms with Crippen molar-refractivity contribution in [1.29, 1.82) is 0 Å². The predicted molar refractivity (Wildman–Crippen MR) is 85.9 cm³/mol. The first-order valence-corrected chi connectivity index (χ1v) is 7.83. The summed E-state index contributed by atoms with van der Waals surface area (Å²) in [6.07, 6.45) is 3.93. The number of carbonyl (C=O) groups excluding carboxylic acids is 1. The first kappa shape index (κ1) is 14.2. The molecule has 3 rings (SSSR count). The number of nitrogens with one attached hydrogen (secondary N) is 2. The fourth-order valence-electron chi connectivity index (χ4n) is 3.11. The number of likely N-dealkylation sites (tertiary alicyclic amines) is 1. The van der Waals surface area contributed by atoms with Crippen molar-refractivity contribution in [1.82, 2.24) is 10.2 Å². The van der Waals surface area contributed by atoms with Gasteiger partial charge in [0.15, 0.2) is 0 Å². The van der Waals surface area contributed by atoms with Gasteiger partial charge in [0.2, 0.25) is 0 Å². The average Bonchev–Trinajstić information content (AvgIpc) is 2.93. The van der Waals surface area contributed by atoms with Gasteiger partial charge in [-0.05, 0) is 50.7 Å². The third-order valence-corrected chi connectivity index (χ3v) is 4.50. The van der Waals surface area contributed by atoms with Crippen LogP contribution in [0.25, 0.3) is 0 Å². The quantitative estimate of drug-likeness (QED) is 0.892. The molecule has 2 fully saturated rings. The van der Waals surface area contributed by atoms with E-state index < -0.39 is 0 Å². The Hall–Kier alpha value is -1.75. The van der Waals surface area contributed by atoms with Gasteiger partial charge >= 0.3 is 6.03 Å².